The van der Waals surface area contributed by atoms with Gasteiger partial charge in [-0.1, -0.05) is 18.4 Å². The first-order valence-corrected chi connectivity index (χ1v) is 13.4. The first-order chi connectivity index (χ1) is 18.8. The van der Waals surface area contributed by atoms with E-state index >= 15 is 0 Å². The molecule has 0 aliphatic carbocycles. The molecular formula is C27H33N11O. The van der Waals surface area contributed by atoms with Gasteiger partial charge in [-0.05, 0) is 68.2 Å². The fourth-order valence-electron chi connectivity index (χ4n) is 5.80. The van der Waals surface area contributed by atoms with E-state index in [0.717, 1.165) is 46.9 Å². The molecule has 202 valence electrons. The first kappa shape index (κ1) is 25.0. The van der Waals surface area contributed by atoms with Gasteiger partial charge in [0.05, 0.1) is 22.3 Å². The maximum absolute atomic E-state index is 13.6. The van der Waals surface area contributed by atoms with E-state index in [-0.39, 0.29) is 5.91 Å². The second-order valence-electron chi connectivity index (χ2n) is 10.9. The third-order valence-corrected chi connectivity index (χ3v) is 8.12. The number of anilines is 3. The molecule has 1 amide bonds. The number of aromatic amines is 1. The maximum atomic E-state index is 13.6. The van der Waals surface area contributed by atoms with Crippen molar-refractivity contribution in [2.75, 3.05) is 35.3 Å². The van der Waals surface area contributed by atoms with E-state index in [0.29, 0.717) is 23.1 Å². The van der Waals surface area contributed by atoms with Crippen LogP contribution in [-0.2, 0) is 10.3 Å². The van der Waals surface area contributed by atoms with E-state index in [1.54, 1.807) is 11.0 Å². The molecule has 4 aromatic rings. The molecule has 0 bridgehead atoms. The van der Waals surface area contributed by atoms with Crippen LogP contribution < -0.4 is 15.1 Å². The van der Waals surface area contributed by atoms with Crippen LogP contribution in [0.25, 0.3) is 22.3 Å². The van der Waals surface area contributed by atoms with Crippen LogP contribution in [0.5, 0.6) is 0 Å². The number of piperidine rings is 1. The van der Waals surface area contributed by atoms with Crippen molar-refractivity contribution in [2.45, 2.75) is 52.5 Å². The molecule has 1 aromatic carbocycles. The topological polar surface area (TPSA) is 134 Å². The van der Waals surface area contributed by atoms with Gasteiger partial charge < -0.3 is 15.1 Å². The lowest BCUT2D eigenvalue weighted by molar-refractivity contribution is -0.113. The Bertz CT molecular complexity index is 1580. The van der Waals surface area contributed by atoms with Gasteiger partial charge in [0, 0.05) is 43.0 Å². The van der Waals surface area contributed by atoms with E-state index in [1.165, 1.54) is 19.3 Å². The van der Waals surface area contributed by atoms with Gasteiger partial charge in [0.15, 0.2) is 0 Å². The van der Waals surface area contributed by atoms with Crippen molar-refractivity contribution in [3.05, 3.63) is 41.9 Å². The summed E-state index contributed by atoms with van der Waals surface area (Å²) in [5.74, 6) is 1.99. The van der Waals surface area contributed by atoms with Crippen molar-refractivity contribution < 1.29 is 4.79 Å². The average molecular weight is 528 g/mol. The number of carbonyl (C=O) groups is 1. The third kappa shape index (κ3) is 4.19. The standard InChI is InChI=1S/C27H33N11O/c1-6-17-8-7-11-37(14-17)22-13-21(28-15-29-22)24-19-12-18(9-10-20(19)31-32-24)30-25(39)23-16(2)36(5)26-33-34-35-38(26)27(23,3)4/h9-10,12-13,15,17H,6-8,11,14H2,1-5H3,(H,30,39)(H,31,32)/t17-/m1/s1. The van der Waals surface area contributed by atoms with Crippen molar-refractivity contribution in [1.29, 1.82) is 0 Å². The number of amides is 1. The number of nitrogens with one attached hydrogen (secondary N) is 2. The van der Waals surface area contributed by atoms with Crippen LogP contribution in [0.3, 0.4) is 0 Å². The largest absolute Gasteiger partial charge is 0.356 e. The van der Waals surface area contributed by atoms with Crippen molar-refractivity contribution in [2.24, 2.45) is 5.92 Å². The minimum atomic E-state index is -0.729. The Labute approximate surface area is 226 Å². The van der Waals surface area contributed by atoms with Gasteiger partial charge in [-0.2, -0.15) is 5.10 Å². The number of hydrogen-bond acceptors (Lipinski definition) is 9. The average Bonchev–Trinajstić information content (AvgIpc) is 3.60. The van der Waals surface area contributed by atoms with Crippen molar-refractivity contribution in [1.82, 2.24) is 40.4 Å². The molecule has 2 N–H and O–H groups in total. The van der Waals surface area contributed by atoms with E-state index in [2.05, 4.69) is 52.8 Å². The number of rotatable bonds is 5. The lowest BCUT2D eigenvalue weighted by Crippen LogP contribution is -2.44. The van der Waals surface area contributed by atoms with Crippen molar-refractivity contribution >= 4 is 34.3 Å². The second kappa shape index (κ2) is 9.44. The molecule has 0 saturated carbocycles. The summed E-state index contributed by atoms with van der Waals surface area (Å²) in [5, 5.41) is 23.7. The molecular weight excluding hydrogens is 494 g/mol. The fraction of sp³-hybridized carbons (Fsp3) is 0.444. The number of hydrogen-bond donors (Lipinski definition) is 2. The molecule has 0 spiro atoms. The zero-order valence-corrected chi connectivity index (χ0v) is 22.9. The van der Waals surface area contributed by atoms with Crippen LogP contribution in [0.1, 0.15) is 47.0 Å². The Kier molecular flexibility index (Phi) is 6.04. The number of allylic oxidation sites excluding steroid dienone is 1. The summed E-state index contributed by atoms with van der Waals surface area (Å²) >= 11 is 0. The first-order valence-electron chi connectivity index (χ1n) is 13.4. The molecule has 0 radical (unpaired) electrons. The van der Waals surface area contributed by atoms with Gasteiger partial charge in [-0.15, -0.1) is 0 Å². The van der Waals surface area contributed by atoms with Crippen molar-refractivity contribution in [3.8, 4) is 11.4 Å². The second-order valence-corrected chi connectivity index (χ2v) is 10.9. The lowest BCUT2D eigenvalue weighted by atomic mass is 9.89. The molecule has 1 atom stereocenters. The van der Waals surface area contributed by atoms with Crippen LogP contribution in [0.2, 0.25) is 0 Å². The number of tetrazole rings is 1. The lowest BCUT2D eigenvalue weighted by Gasteiger charge is -2.37. The predicted molar refractivity (Wildman–Crippen MR) is 149 cm³/mol. The molecule has 5 heterocycles. The summed E-state index contributed by atoms with van der Waals surface area (Å²) in [7, 11) is 1.85. The normalized spacial score (nSPS) is 18.9. The highest BCUT2D eigenvalue weighted by Gasteiger charge is 2.41. The molecule has 1 saturated heterocycles. The summed E-state index contributed by atoms with van der Waals surface area (Å²) in [6, 6.07) is 7.72. The molecule has 39 heavy (non-hydrogen) atoms. The number of aromatic nitrogens is 8. The number of H-pyrrole nitrogens is 1. The van der Waals surface area contributed by atoms with E-state index in [9.17, 15) is 4.79 Å². The van der Waals surface area contributed by atoms with Gasteiger partial charge in [0.2, 0.25) is 5.95 Å². The molecule has 0 unspecified atom stereocenters. The van der Waals surface area contributed by atoms with Crippen molar-refractivity contribution in [3.63, 3.8) is 0 Å². The Hall–Kier alpha value is -4.35. The molecule has 12 nitrogen and oxygen atoms in total. The summed E-state index contributed by atoms with van der Waals surface area (Å²) in [6.07, 6.45) is 5.22. The van der Waals surface area contributed by atoms with Crippen LogP contribution in [0.4, 0.5) is 17.5 Å². The number of benzene rings is 1. The Morgan fingerprint density at radius 3 is 2.90 bits per heavy atom. The highest BCUT2D eigenvalue weighted by molar-refractivity contribution is 6.07. The molecule has 12 heteroatoms. The highest BCUT2D eigenvalue weighted by Crippen LogP contribution is 2.37. The SMILES string of the molecule is CC[C@@H]1CCCN(c2cc(-c3n[nH]c4ccc(NC(=O)C5=C(C)N(C)c6nnnn6C5(C)C)cc34)ncn2)C1. The van der Waals surface area contributed by atoms with E-state index in [4.69, 9.17) is 0 Å². The summed E-state index contributed by atoms with van der Waals surface area (Å²) in [4.78, 5) is 26.9. The third-order valence-electron chi connectivity index (χ3n) is 8.12. The number of fused-ring (bicyclic) bond motifs is 2. The summed E-state index contributed by atoms with van der Waals surface area (Å²) in [6.45, 7) is 10.0. The van der Waals surface area contributed by atoms with Gasteiger partial charge in [0.25, 0.3) is 5.91 Å². The van der Waals surface area contributed by atoms with Gasteiger partial charge in [-0.3, -0.25) is 9.89 Å². The van der Waals surface area contributed by atoms with Gasteiger partial charge in [0.1, 0.15) is 17.8 Å². The summed E-state index contributed by atoms with van der Waals surface area (Å²) in [5.41, 5.74) is 3.64. The molecule has 6 rings (SSSR count). The molecule has 3 aromatic heterocycles. The molecule has 2 aliphatic rings. The minimum Gasteiger partial charge on any atom is -0.356 e. The van der Waals surface area contributed by atoms with Crippen LogP contribution in [-0.4, -0.2) is 66.4 Å². The van der Waals surface area contributed by atoms with E-state index < -0.39 is 5.54 Å². The zero-order valence-electron chi connectivity index (χ0n) is 22.9. The van der Waals surface area contributed by atoms with E-state index in [1.807, 2.05) is 57.0 Å². The highest BCUT2D eigenvalue weighted by atomic mass is 16.1. The maximum Gasteiger partial charge on any atom is 0.255 e. The predicted octanol–water partition coefficient (Wildman–Crippen LogP) is 3.73. The Morgan fingerprint density at radius 1 is 1.23 bits per heavy atom. The van der Waals surface area contributed by atoms with Crippen LogP contribution >= 0.6 is 0 Å². The monoisotopic (exact) mass is 527 g/mol. The molecule has 2 aliphatic heterocycles. The van der Waals surface area contributed by atoms with Crippen LogP contribution in [0.15, 0.2) is 41.9 Å². The molecule has 1 fully saturated rings. The Morgan fingerprint density at radius 2 is 2.08 bits per heavy atom. The number of nitrogens with zero attached hydrogens (tertiary/aromatic N) is 9. The van der Waals surface area contributed by atoms with Crippen LogP contribution in [0, 0.1) is 5.92 Å². The smallest absolute Gasteiger partial charge is 0.255 e. The minimum absolute atomic E-state index is 0.213. The zero-order chi connectivity index (χ0) is 27.3. The van der Waals surface area contributed by atoms with Gasteiger partial charge >= 0.3 is 0 Å². The Balaban J connectivity index is 1.30. The summed E-state index contributed by atoms with van der Waals surface area (Å²) < 4.78 is 1.67. The number of carbonyl (C=O) groups excluding carboxylic acids is 1. The fourth-order valence-corrected chi connectivity index (χ4v) is 5.80. The quantitative estimate of drug-likeness (QED) is 0.398. The van der Waals surface area contributed by atoms with Gasteiger partial charge in [-0.25, -0.2) is 14.6 Å².